The Morgan fingerprint density at radius 2 is 1.71 bits per heavy atom. The lowest BCUT2D eigenvalue weighted by atomic mass is 9.81. The van der Waals surface area contributed by atoms with Gasteiger partial charge in [-0.15, -0.1) is 24.0 Å². The number of hydrogen-bond donors (Lipinski definition) is 2. The van der Waals surface area contributed by atoms with Crippen molar-refractivity contribution in [3.8, 4) is 0 Å². The molecular formula is C16H29F3IN3O. The molecule has 0 aromatic carbocycles. The highest BCUT2D eigenvalue weighted by atomic mass is 127. The van der Waals surface area contributed by atoms with Gasteiger partial charge in [-0.25, -0.2) is 0 Å². The summed E-state index contributed by atoms with van der Waals surface area (Å²) in [6.07, 6.45) is 1.33. The van der Waals surface area contributed by atoms with E-state index in [1.165, 1.54) is 6.42 Å². The molecule has 1 unspecified atom stereocenters. The van der Waals surface area contributed by atoms with E-state index in [0.717, 1.165) is 26.0 Å². The Balaban J connectivity index is 0.00000288. The minimum atomic E-state index is -4.03. The lowest BCUT2D eigenvalue weighted by Crippen LogP contribution is -2.44. The van der Waals surface area contributed by atoms with E-state index < -0.39 is 12.1 Å². The van der Waals surface area contributed by atoms with E-state index in [0.29, 0.717) is 25.3 Å². The van der Waals surface area contributed by atoms with Crippen LogP contribution in [-0.2, 0) is 4.74 Å². The molecule has 1 saturated heterocycles. The topological polar surface area (TPSA) is 45.7 Å². The van der Waals surface area contributed by atoms with Crippen LogP contribution in [-0.4, -0.2) is 45.0 Å². The first kappa shape index (κ1) is 21.8. The minimum absolute atomic E-state index is 0. The minimum Gasteiger partial charge on any atom is -0.376 e. The normalized spacial score (nSPS) is 28.8. The van der Waals surface area contributed by atoms with Gasteiger partial charge in [0.05, 0.1) is 12.0 Å². The van der Waals surface area contributed by atoms with Crippen LogP contribution in [0.3, 0.4) is 0 Å². The van der Waals surface area contributed by atoms with Gasteiger partial charge >= 0.3 is 6.18 Å². The summed E-state index contributed by atoms with van der Waals surface area (Å²) in [6, 6.07) is 0. The van der Waals surface area contributed by atoms with Gasteiger partial charge in [0.25, 0.3) is 0 Å². The van der Waals surface area contributed by atoms with Crippen molar-refractivity contribution in [1.82, 2.24) is 10.6 Å². The molecule has 8 heteroatoms. The van der Waals surface area contributed by atoms with Crippen molar-refractivity contribution < 1.29 is 17.9 Å². The molecular weight excluding hydrogens is 434 g/mol. The van der Waals surface area contributed by atoms with Gasteiger partial charge in [0.1, 0.15) is 0 Å². The maximum Gasteiger partial charge on any atom is 0.391 e. The molecule has 1 atom stereocenters. The number of alkyl halides is 3. The molecule has 1 aliphatic carbocycles. The first-order valence-electron chi connectivity index (χ1n) is 8.62. The second kappa shape index (κ2) is 10.7. The fourth-order valence-corrected chi connectivity index (χ4v) is 3.33. The molecule has 2 rings (SSSR count). The fourth-order valence-electron chi connectivity index (χ4n) is 3.33. The molecule has 0 radical (unpaired) electrons. The molecule has 1 saturated carbocycles. The highest BCUT2D eigenvalue weighted by Crippen LogP contribution is 2.39. The molecule has 2 aliphatic rings. The predicted molar refractivity (Wildman–Crippen MR) is 99.9 cm³/mol. The Labute approximate surface area is 159 Å². The number of halogens is 4. The average Bonchev–Trinajstić information content (AvgIpc) is 2.55. The van der Waals surface area contributed by atoms with Gasteiger partial charge < -0.3 is 15.4 Å². The SMILES string of the molecule is CN=C(NCC1CCC(C(F)(F)F)CC1)NCC1CCCCO1.I. The van der Waals surface area contributed by atoms with Crippen molar-refractivity contribution in [3.63, 3.8) is 0 Å². The standard InChI is InChI=1S/C16H28F3N3O.HI/c1-20-15(22-11-14-4-2-3-9-23-14)21-10-12-5-7-13(8-6-12)16(17,18)19;/h12-14H,2-11H2,1H3,(H2,20,21,22);1H. The van der Waals surface area contributed by atoms with Crippen molar-refractivity contribution in [1.29, 1.82) is 0 Å². The zero-order valence-corrected chi connectivity index (χ0v) is 16.5. The van der Waals surface area contributed by atoms with E-state index in [-0.39, 0.29) is 48.8 Å². The maximum absolute atomic E-state index is 12.7. The highest BCUT2D eigenvalue weighted by Gasteiger charge is 2.41. The second-order valence-corrected chi connectivity index (χ2v) is 6.58. The summed E-state index contributed by atoms with van der Waals surface area (Å²) in [7, 11) is 1.71. The lowest BCUT2D eigenvalue weighted by Gasteiger charge is -2.30. The van der Waals surface area contributed by atoms with Gasteiger partial charge in [-0.1, -0.05) is 0 Å². The molecule has 0 aromatic rings. The third-order valence-electron chi connectivity index (χ3n) is 4.86. The number of nitrogens with zero attached hydrogens (tertiary/aromatic N) is 1. The molecule has 2 N–H and O–H groups in total. The molecule has 142 valence electrons. The Hall–Kier alpha value is -0.250. The zero-order valence-electron chi connectivity index (χ0n) is 14.2. The van der Waals surface area contributed by atoms with Gasteiger partial charge in [-0.2, -0.15) is 13.2 Å². The Morgan fingerprint density at radius 3 is 2.25 bits per heavy atom. The van der Waals surface area contributed by atoms with Crippen LogP contribution in [0.2, 0.25) is 0 Å². The molecule has 2 fully saturated rings. The van der Waals surface area contributed by atoms with Gasteiger partial charge in [0.2, 0.25) is 0 Å². The first-order chi connectivity index (χ1) is 11.0. The number of rotatable bonds is 4. The van der Waals surface area contributed by atoms with Crippen molar-refractivity contribution in [2.45, 2.75) is 57.2 Å². The monoisotopic (exact) mass is 463 g/mol. The van der Waals surface area contributed by atoms with Crippen LogP contribution in [0, 0.1) is 11.8 Å². The Morgan fingerprint density at radius 1 is 1.04 bits per heavy atom. The van der Waals surface area contributed by atoms with Crippen LogP contribution < -0.4 is 10.6 Å². The van der Waals surface area contributed by atoms with Gasteiger partial charge in [-0.05, 0) is 50.9 Å². The van der Waals surface area contributed by atoms with E-state index in [1.54, 1.807) is 7.05 Å². The summed E-state index contributed by atoms with van der Waals surface area (Å²) in [4.78, 5) is 4.17. The van der Waals surface area contributed by atoms with Gasteiger partial charge in [0, 0.05) is 26.7 Å². The van der Waals surface area contributed by atoms with Crippen LogP contribution in [0.25, 0.3) is 0 Å². The van der Waals surface area contributed by atoms with Crippen molar-refractivity contribution in [3.05, 3.63) is 0 Å². The fraction of sp³-hybridized carbons (Fsp3) is 0.938. The van der Waals surface area contributed by atoms with Crippen molar-refractivity contribution in [2.24, 2.45) is 16.8 Å². The molecule has 0 aromatic heterocycles. The van der Waals surface area contributed by atoms with E-state index in [4.69, 9.17) is 4.74 Å². The summed E-state index contributed by atoms with van der Waals surface area (Å²) < 4.78 is 43.6. The third-order valence-corrected chi connectivity index (χ3v) is 4.86. The zero-order chi connectivity index (χ0) is 16.7. The molecule has 1 aliphatic heterocycles. The predicted octanol–water partition coefficient (Wildman–Crippen LogP) is 3.71. The quantitative estimate of drug-likeness (QED) is 0.380. The Bertz CT molecular complexity index is 379. The number of guanidine groups is 1. The number of ether oxygens (including phenoxy) is 1. The largest absolute Gasteiger partial charge is 0.391 e. The van der Waals surface area contributed by atoms with E-state index in [2.05, 4.69) is 15.6 Å². The second-order valence-electron chi connectivity index (χ2n) is 6.58. The molecule has 0 spiro atoms. The number of aliphatic imine (C=N–C) groups is 1. The highest BCUT2D eigenvalue weighted by molar-refractivity contribution is 14.0. The third kappa shape index (κ3) is 7.33. The molecule has 4 nitrogen and oxygen atoms in total. The molecule has 24 heavy (non-hydrogen) atoms. The van der Waals surface area contributed by atoms with Crippen LogP contribution in [0.5, 0.6) is 0 Å². The molecule has 0 amide bonds. The molecule has 0 bridgehead atoms. The maximum atomic E-state index is 12.7. The summed E-state index contributed by atoms with van der Waals surface area (Å²) >= 11 is 0. The van der Waals surface area contributed by atoms with E-state index in [9.17, 15) is 13.2 Å². The molecule has 1 heterocycles. The lowest BCUT2D eigenvalue weighted by molar-refractivity contribution is -0.183. The summed E-state index contributed by atoms with van der Waals surface area (Å²) in [5.74, 6) is -0.116. The number of hydrogen-bond acceptors (Lipinski definition) is 2. The van der Waals surface area contributed by atoms with Crippen molar-refractivity contribution >= 4 is 29.9 Å². The van der Waals surface area contributed by atoms with Crippen LogP contribution in [0.4, 0.5) is 13.2 Å². The smallest absolute Gasteiger partial charge is 0.376 e. The van der Waals surface area contributed by atoms with Gasteiger partial charge in [-0.3, -0.25) is 4.99 Å². The average molecular weight is 463 g/mol. The van der Waals surface area contributed by atoms with Crippen molar-refractivity contribution in [2.75, 3.05) is 26.7 Å². The van der Waals surface area contributed by atoms with Crippen LogP contribution in [0.1, 0.15) is 44.9 Å². The van der Waals surface area contributed by atoms with Crippen LogP contribution >= 0.6 is 24.0 Å². The summed E-state index contributed by atoms with van der Waals surface area (Å²) in [5.41, 5.74) is 0. The van der Waals surface area contributed by atoms with Crippen LogP contribution in [0.15, 0.2) is 4.99 Å². The van der Waals surface area contributed by atoms with Gasteiger partial charge in [0.15, 0.2) is 5.96 Å². The van der Waals surface area contributed by atoms with E-state index >= 15 is 0 Å². The summed E-state index contributed by atoms with van der Waals surface area (Å²) in [5, 5.41) is 6.48. The number of nitrogens with one attached hydrogen (secondary N) is 2. The van der Waals surface area contributed by atoms with E-state index in [1.807, 2.05) is 0 Å². The summed E-state index contributed by atoms with van der Waals surface area (Å²) in [6.45, 7) is 2.22. The first-order valence-corrected chi connectivity index (χ1v) is 8.62. The Kier molecular flexibility index (Phi) is 9.69.